The van der Waals surface area contributed by atoms with Gasteiger partial charge in [0.05, 0.1) is 35.1 Å². The van der Waals surface area contributed by atoms with Gasteiger partial charge in [0.1, 0.15) is 16.6 Å². The summed E-state index contributed by atoms with van der Waals surface area (Å²) in [6.45, 7) is 2.03. The van der Waals surface area contributed by atoms with Crippen LogP contribution in [0.4, 0.5) is 15.8 Å². The second-order valence-corrected chi connectivity index (χ2v) is 8.47. The minimum absolute atomic E-state index is 0.0332. The largest absolute Gasteiger partial charge is 0.494 e. The number of benzene rings is 3. The summed E-state index contributed by atoms with van der Waals surface area (Å²) in [4.78, 5) is 32.6. The van der Waals surface area contributed by atoms with Crippen molar-refractivity contribution in [3.05, 3.63) is 82.2 Å². The van der Waals surface area contributed by atoms with Crippen LogP contribution < -0.4 is 10.1 Å². The van der Waals surface area contributed by atoms with Gasteiger partial charge in [-0.25, -0.2) is 14.4 Å². The molecule has 8 nitrogen and oxygen atoms in total. The third kappa shape index (κ3) is 5.38. The standard InChI is InChI=1S/C25H21FN4O4S/c1-3-15-5-4-6-19-23(15)28-24(16-7-9-17(26)10-8-16)29-25(19)35-14-22(31)27-20-12-11-18(30(32)33)13-21(20)34-2/h4-13H,3,14H2,1-2H3,(H,27,31). The molecule has 1 aromatic heterocycles. The third-order valence-electron chi connectivity index (χ3n) is 5.27. The van der Waals surface area contributed by atoms with Gasteiger partial charge in [0.25, 0.3) is 5.69 Å². The van der Waals surface area contributed by atoms with Crippen molar-refractivity contribution in [1.82, 2.24) is 9.97 Å². The fourth-order valence-corrected chi connectivity index (χ4v) is 4.33. The Bertz CT molecular complexity index is 1410. The normalized spacial score (nSPS) is 10.8. The van der Waals surface area contributed by atoms with Crippen LogP contribution in [0.15, 0.2) is 65.7 Å². The second kappa shape index (κ2) is 10.5. The molecule has 1 N–H and O–H groups in total. The number of nitro benzene ring substituents is 1. The predicted molar refractivity (Wildman–Crippen MR) is 133 cm³/mol. The van der Waals surface area contributed by atoms with E-state index in [-0.39, 0.29) is 28.9 Å². The van der Waals surface area contributed by atoms with Crippen molar-refractivity contribution in [1.29, 1.82) is 0 Å². The van der Waals surface area contributed by atoms with Gasteiger partial charge in [-0.05, 0) is 42.3 Å². The van der Waals surface area contributed by atoms with Crippen LogP contribution in [0.5, 0.6) is 5.75 Å². The zero-order chi connectivity index (χ0) is 24.9. The Hall–Kier alpha value is -4.05. The van der Waals surface area contributed by atoms with E-state index in [1.807, 2.05) is 25.1 Å². The van der Waals surface area contributed by atoms with E-state index < -0.39 is 4.92 Å². The Labute approximate surface area is 204 Å². The molecule has 0 atom stereocenters. The van der Waals surface area contributed by atoms with E-state index in [2.05, 4.69) is 10.3 Å². The van der Waals surface area contributed by atoms with E-state index in [0.717, 1.165) is 22.9 Å². The molecule has 35 heavy (non-hydrogen) atoms. The number of hydrogen-bond acceptors (Lipinski definition) is 7. The lowest BCUT2D eigenvalue weighted by atomic mass is 10.1. The number of nitrogens with one attached hydrogen (secondary N) is 1. The van der Waals surface area contributed by atoms with Crippen molar-refractivity contribution < 1.29 is 18.8 Å². The summed E-state index contributed by atoms with van der Waals surface area (Å²) < 4.78 is 18.6. The molecule has 10 heteroatoms. The Kier molecular flexibility index (Phi) is 7.21. The maximum atomic E-state index is 13.4. The van der Waals surface area contributed by atoms with Crippen LogP contribution >= 0.6 is 11.8 Å². The molecule has 0 radical (unpaired) electrons. The number of non-ortho nitro benzene ring substituents is 1. The van der Waals surface area contributed by atoms with Crippen molar-refractivity contribution in [3.63, 3.8) is 0 Å². The first-order chi connectivity index (χ1) is 16.9. The molecule has 0 spiro atoms. The van der Waals surface area contributed by atoms with E-state index in [0.29, 0.717) is 22.1 Å². The van der Waals surface area contributed by atoms with Gasteiger partial charge in [0.15, 0.2) is 5.82 Å². The van der Waals surface area contributed by atoms with Gasteiger partial charge in [-0.2, -0.15) is 0 Å². The second-order valence-electron chi connectivity index (χ2n) is 7.50. The smallest absolute Gasteiger partial charge is 0.273 e. The number of fused-ring (bicyclic) bond motifs is 1. The highest BCUT2D eigenvalue weighted by molar-refractivity contribution is 8.00. The van der Waals surface area contributed by atoms with Gasteiger partial charge < -0.3 is 10.1 Å². The molecular formula is C25H21FN4O4S. The molecule has 0 aliphatic rings. The van der Waals surface area contributed by atoms with E-state index in [4.69, 9.17) is 9.72 Å². The molecule has 178 valence electrons. The Morgan fingerprint density at radius 3 is 2.60 bits per heavy atom. The van der Waals surface area contributed by atoms with E-state index >= 15 is 0 Å². The highest BCUT2D eigenvalue weighted by Crippen LogP contribution is 2.32. The highest BCUT2D eigenvalue weighted by Gasteiger charge is 2.16. The average Bonchev–Trinajstić information content (AvgIpc) is 2.87. The number of methoxy groups -OCH3 is 1. The lowest BCUT2D eigenvalue weighted by Gasteiger charge is -2.12. The van der Waals surface area contributed by atoms with Crippen LogP contribution in [0.2, 0.25) is 0 Å². The van der Waals surface area contributed by atoms with Gasteiger partial charge in [-0.3, -0.25) is 14.9 Å². The zero-order valence-corrected chi connectivity index (χ0v) is 19.8. The molecule has 1 amide bonds. The van der Waals surface area contributed by atoms with Gasteiger partial charge >= 0.3 is 0 Å². The Morgan fingerprint density at radius 1 is 1.14 bits per heavy atom. The molecule has 0 fully saturated rings. The lowest BCUT2D eigenvalue weighted by molar-refractivity contribution is -0.384. The van der Waals surface area contributed by atoms with Gasteiger partial charge in [-0.1, -0.05) is 36.9 Å². The minimum atomic E-state index is -0.534. The molecular weight excluding hydrogens is 471 g/mol. The number of aryl methyl sites for hydroxylation is 1. The maximum Gasteiger partial charge on any atom is 0.273 e. The average molecular weight is 493 g/mol. The van der Waals surface area contributed by atoms with Crippen molar-refractivity contribution in [3.8, 4) is 17.1 Å². The molecule has 0 bridgehead atoms. The first-order valence-corrected chi connectivity index (χ1v) is 11.7. The molecule has 0 aliphatic carbocycles. The summed E-state index contributed by atoms with van der Waals surface area (Å²) in [5, 5.41) is 15.2. The van der Waals surface area contributed by atoms with E-state index in [9.17, 15) is 19.3 Å². The number of amides is 1. The van der Waals surface area contributed by atoms with Crippen LogP contribution in [0.3, 0.4) is 0 Å². The summed E-state index contributed by atoms with van der Waals surface area (Å²) in [7, 11) is 1.37. The Morgan fingerprint density at radius 2 is 1.91 bits per heavy atom. The van der Waals surface area contributed by atoms with Crippen molar-refractivity contribution >= 4 is 39.9 Å². The van der Waals surface area contributed by atoms with E-state index in [1.165, 1.54) is 49.2 Å². The monoisotopic (exact) mass is 492 g/mol. The number of nitrogens with zero attached hydrogens (tertiary/aromatic N) is 3. The third-order valence-corrected chi connectivity index (χ3v) is 6.26. The highest BCUT2D eigenvalue weighted by atomic mass is 32.2. The minimum Gasteiger partial charge on any atom is -0.494 e. The summed E-state index contributed by atoms with van der Waals surface area (Å²) >= 11 is 1.24. The van der Waals surface area contributed by atoms with Crippen LogP contribution in [-0.4, -0.2) is 33.7 Å². The number of para-hydroxylation sites is 1. The van der Waals surface area contributed by atoms with Gasteiger partial charge in [0, 0.05) is 17.0 Å². The predicted octanol–water partition coefficient (Wildman–Crippen LogP) is 5.65. The van der Waals surface area contributed by atoms with Crippen LogP contribution in [0, 0.1) is 15.9 Å². The van der Waals surface area contributed by atoms with Crippen LogP contribution in [0.1, 0.15) is 12.5 Å². The number of nitro groups is 1. The number of halogens is 1. The van der Waals surface area contributed by atoms with Crippen LogP contribution in [0.25, 0.3) is 22.3 Å². The lowest BCUT2D eigenvalue weighted by Crippen LogP contribution is -2.15. The number of rotatable bonds is 8. The number of hydrogen-bond donors (Lipinski definition) is 1. The fourth-order valence-electron chi connectivity index (χ4n) is 3.52. The summed E-state index contributed by atoms with van der Waals surface area (Å²) in [5.41, 5.74) is 2.68. The maximum absolute atomic E-state index is 13.4. The molecule has 4 aromatic rings. The number of thioether (sulfide) groups is 1. The van der Waals surface area contributed by atoms with Gasteiger partial charge in [0.2, 0.25) is 5.91 Å². The number of carbonyl (C=O) groups is 1. The van der Waals surface area contributed by atoms with Crippen molar-refractivity contribution in [2.75, 3.05) is 18.2 Å². The number of ether oxygens (including phenoxy) is 1. The molecule has 1 heterocycles. The first-order valence-electron chi connectivity index (χ1n) is 10.7. The van der Waals surface area contributed by atoms with Crippen molar-refractivity contribution in [2.24, 2.45) is 0 Å². The van der Waals surface area contributed by atoms with E-state index in [1.54, 1.807) is 12.1 Å². The summed E-state index contributed by atoms with van der Waals surface area (Å²) in [6.07, 6.45) is 0.766. The van der Waals surface area contributed by atoms with Crippen LogP contribution in [-0.2, 0) is 11.2 Å². The van der Waals surface area contributed by atoms with Gasteiger partial charge in [-0.15, -0.1) is 0 Å². The number of anilines is 1. The SMILES string of the molecule is CCc1cccc2c(SCC(=O)Nc3ccc([N+](=O)[O-])cc3OC)nc(-c3ccc(F)cc3)nc12. The molecule has 3 aromatic carbocycles. The quantitative estimate of drug-likeness (QED) is 0.147. The fraction of sp³-hybridized carbons (Fsp3) is 0.160. The zero-order valence-electron chi connectivity index (χ0n) is 18.9. The molecule has 0 aliphatic heterocycles. The number of carbonyl (C=O) groups excluding carboxylic acids is 1. The molecule has 0 unspecified atom stereocenters. The Balaban J connectivity index is 1.62. The molecule has 0 saturated carbocycles. The summed E-state index contributed by atoms with van der Waals surface area (Å²) in [5.74, 6) is -0.0129. The first kappa shape index (κ1) is 24.1. The topological polar surface area (TPSA) is 107 Å². The molecule has 0 saturated heterocycles. The number of aromatic nitrogens is 2. The molecule has 4 rings (SSSR count). The van der Waals surface area contributed by atoms with Crippen molar-refractivity contribution in [2.45, 2.75) is 18.4 Å². The summed E-state index contributed by atoms with van der Waals surface area (Å²) in [6, 6.07) is 15.7.